The lowest BCUT2D eigenvalue weighted by molar-refractivity contribution is 0.886. The molecule has 11 heavy (non-hydrogen) atoms. The van der Waals surface area contributed by atoms with Crippen molar-refractivity contribution in [3.8, 4) is 0 Å². The van der Waals surface area contributed by atoms with Gasteiger partial charge in [0.1, 0.15) is 0 Å². The van der Waals surface area contributed by atoms with Gasteiger partial charge in [0.2, 0.25) is 0 Å². The molecule has 0 amide bonds. The van der Waals surface area contributed by atoms with Gasteiger partial charge < -0.3 is 0 Å². The molecule has 0 aromatic rings. The first-order valence-electron chi connectivity index (χ1n) is 3.58. The van der Waals surface area contributed by atoms with E-state index in [1.807, 2.05) is 6.08 Å². The summed E-state index contributed by atoms with van der Waals surface area (Å²) in [5, 5.41) is 0. The molecule has 0 N–H and O–H groups in total. The monoisotopic (exact) mass is 496 g/mol. The molecule has 0 heterocycles. The van der Waals surface area contributed by atoms with Gasteiger partial charge in [0.05, 0.1) is 0 Å². The minimum Gasteiger partial charge on any atom is -0.107 e. The van der Waals surface area contributed by atoms with Gasteiger partial charge in [-0.25, -0.2) is 0 Å². The molecule has 0 unspecified atom stereocenters. The third kappa shape index (κ3) is 76.2. The number of rotatable bonds is 2. The van der Waals surface area contributed by atoms with Crippen LogP contribution in [0.3, 0.4) is 0 Å². The Morgan fingerprint density at radius 3 is 1.27 bits per heavy atom. The van der Waals surface area contributed by atoms with Gasteiger partial charge in [0, 0.05) is 37.2 Å². The van der Waals surface area contributed by atoms with Gasteiger partial charge in [-0.05, 0) is 6.42 Å². The highest BCUT2D eigenvalue weighted by molar-refractivity contribution is 15.0. The van der Waals surface area contributed by atoms with Gasteiger partial charge in [0.15, 0.2) is 0 Å². The summed E-state index contributed by atoms with van der Waals surface area (Å²) in [6.45, 7) is 9.90. The molecule has 0 radical (unpaired) electrons. The van der Waals surface area contributed by atoms with Crippen LogP contribution in [-0.2, 0) is 0 Å². The van der Waals surface area contributed by atoms with E-state index in [0.29, 0.717) is 0 Å². The molecule has 0 aliphatic carbocycles. The fraction of sp³-hybridized carbons (Fsp3) is 0.750. The average molecular weight is 496 g/mol. The zero-order chi connectivity index (χ0) is 8.83. The summed E-state index contributed by atoms with van der Waals surface area (Å²) < 4.78 is 0. The normalized spacial score (nSPS) is 5.55. The highest BCUT2D eigenvalue weighted by atomic mass is 128. The molecule has 0 fully saturated rings. The molecule has 0 aromatic carbocycles. The lowest BCUT2D eigenvalue weighted by Crippen LogP contribution is -1.47. The summed E-state index contributed by atoms with van der Waals surface area (Å²) in [5.74, 6) is 0. The highest BCUT2D eigenvalue weighted by Gasteiger charge is 1.56. The standard InChI is InChI=1S/C4H10.C4H8.I2.HI/c2*1-3-4-2;1-2;/h3-4H2,1-2H3;3H,1,4H2,2H3;;1H. The highest BCUT2D eigenvalue weighted by Crippen LogP contribution is 1.89. The van der Waals surface area contributed by atoms with Crippen molar-refractivity contribution in [2.24, 2.45) is 0 Å². The zero-order valence-corrected chi connectivity index (χ0v) is 14.2. The van der Waals surface area contributed by atoms with Crippen LogP contribution >= 0.6 is 61.2 Å². The van der Waals surface area contributed by atoms with Crippen LogP contribution < -0.4 is 0 Å². The van der Waals surface area contributed by atoms with E-state index in [-0.39, 0.29) is 24.0 Å². The first-order valence-corrected chi connectivity index (χ1v) is 9.87. The van der Waals surface area contributed by atoms with E-state index >= 15 is 0 Å². The van der Waals surface area contributed by atoms with Gasteiger partial charge in [-0.15, -0.1) is 30.6 Å². The number of allylic oxidation sites excluding steroid dienone is 1. The van der Waals surface area contributed by atoms with Crippen LogP contribution in [0.2, 0.25) is 0 Å². The van der Waals surface area contributed by atoms with Crippen molar-refractivity contribution in [2.75, 3.05) is 0 Å². The maximum absolute atomic E-state index is 3.48. The predicted octanol–water partition coefficient (Wildman–Crippen LogP) is 5.78. The van der Waals surface area contributed by atoms with Gasteiger partial charge in [-0.1, -0.05) is 39.7 Å². The minimum absolute atomic E-state index is 0. The van der Waals surface area contributed by atoms with Crippen molar-refractivity contribution in [1.29, 1.82) is 0 Å². The second kappa shape index (κ2) is 40.5. The van der Waals surface area contributed by atoms with Crippen molar-refractivity contribution < 1.29 is 0 Å². The molecule has 0 aromatic heterocycles. The van der Waals surface area contributed by atoms with Gasteiger partial charge >= 0.3 is 0 Å². The Hall–Kier alpha value is 1.93. The summed E-state index contributed by atoms with van der Waals surface area (Å²) in [6.07, 6.45) is 5.60. The molecule has 0 saturated heterocycles. The second-order valence-electron chi connectivity index (χ2n) is 1.70. The molecule has 0 atom stereocenters. The van der Waals surface area contributed by atoms with Crippen LogP contribution in [-0.4, -0.2) is 0 Å². The Morgan fingerprint density at radius 2 is 1.27 bits per heavy atom. The fourth-order valence-corrected chi connectivity index (χ4v) is 0. The van der Waals surface area contributed by atoms with Crippen molar-refractivity contribution in [3.63, 3.8) is 0 Å². The van der Waals surface area contributed by atoms with Crippen LogP contribution in [0, 0.1) is 0 Å². The third-order valence-corrected chi connectivity index (χ3v) is 0.789. The molecule has 0 aliphatic rings. The van der Waals surface area contributed by atoms with Crippen LogP contribution in [0.4, 0.5) is 0 Å². The zero-order valence-electron chi connectivity index (χ0n) is 7.57. The topological polar surface area (TPSA) is 0 Å². The van der Waals surface area contributed by atoms with Crippen molar-refractivity contribution >= 4 is 61.2 Å². The van der Waals surface area contributed by atoms with Crippen LogP contribution in [0.1, 0.15) is 40.0 Å². The maximum Gasteiger partial charge on any atom is 0 e. The summed E-state index contributed by atoms with van der Waals surface area (Å²) in [7, 11) is 0. The van der Waals surface area contributed by atoms with E-state index in [9.17, 15) is 0 Å². The molecule has 0 nitrogen and oxygen atoms in total. The van der Waals surface area contributed by atoms with Gasteiger partial charge in [-0.2, -0.15) is 0 Å². The first-order chi connectivity index (χ1) is 4.83. The Labute approximate surface area is 112 Å². The molecule has 3 heteroatoms. The summed E-state index contributed by atoms with van der Waals surface area (Å²) >= 11 is 4.24. The molecule has 0 saturated carbocycles. The van der Waals surface area contributed by atoms with E-state index in [4.69, 9.17) is 0 Å². The van der Waals surface area contributed by atoms with Crippen molar-refractivity contribution in [1.82, 2.24) is 0 Å². The molecular weight excluding hydrogens is 477 g/mol. The van der Waals surface area contributed by atoms with Crippen molar-refractivity contribution in [2.45, 2.75) is 40.0 Å². The van der Waals surface area contributed by atoms with Crippen LogP contribution in [0.25, 0.3) is 0 Å². The third-order valence-electron chi connectivity index (χ3n) is 0.789. The van der Waals surface area contributed by atoms with E-state index in [0.717, 1.165) is 6.42 Å². The Bertz CT molecular complexity index is 36.3. The lowest BCUT2D eigenvalue weighted by atomic mass is 10.4. The quantitative estimate of drug-likeness (QED) is 0.336. The van der Waals surface area contributed by atoms with Gasteiger partial charge in [0.25, 0.3) is 0 Å². The fourth-order valence-electron chi connectivity index (χ4n) is 0. The average Bonchev–Trinajstić information content (AvgIpc) is 2.08. The number of halogens is 3. The summed E-state index contributed by atoms with van der Waals surface area (Å²) in [5.41, 5.74) is 0. The van der Waals surface area contributed by atoms with E-state index in [2.05, 4.69) is 64.6 Å². The molecule has 0 spiro atoms. The van der Waals surface area contributed by atoms with Crippen molar-refractivity contribution in [3.05, 3.63) is 12.7 Å². The summed E-state index contributed by atoms with van der Waals surface area (Å²) in [4.78, 5) is 0. The van der Waals surface area contributed by atoms with Crippen LogP contribution in [0.15, 0.2) is 12.7 Å². The largest absolute Gasteiger partial charge is 0.107 e. The minimum atomic E-state index is 0. The Balaban J connectivity index is -0.0000000339. The molecular formula is C8H19I3. The lowest BCUT2D eigenvalue weighted by Gasteiger charge is -1.68. The van der Waals surface area contributed by atoms with Crippen LogP contribution in [0.5, 0.6) is 0 Å². The smallest absolute Gasteiger partial charge is 0 e. The first kappa shape index (κ1) is 23.1. The van der Waals surface area contributed by atoms with E-state index in [1.54, 1.807) is 0 Å². The summed E-state index contributed by atoms with van der Waals surface area (Å²) in [6, 6.07) is 0. The molecule has 72 valence electrons. The number of hydrogen-bond donors (Lipinski definition) is 0. The number of unbranched alkanes of at least 4 members (excludes halogenated alkanes) is 1. The predicted molar refractivity (Wildman–Crippen MR) is 84.5 cm³/mol. The van der Waals surface area contributed by atoms with Gasteiger partial charge in [-0.3, -0.25) is 0 Å². The molecule has 0 rings (SSSR count). The second-order valence-corrected chi connectivity index (χ2v) is 1.70. The van der Waals surface area contributed by atoms with E-state index in [1.165, 1.54) is 12.8 Å². The maximum atomic E-state index is 3.48. The number of hydrogen-bond acceptors (Lipinski definition) is 0. The Morgan fingerprint density at radius 1 is 1.09 bits per heavy atom. The molecule has 0 bridgehead atoms. The van der Waals surface area contributed by atoms with E-state index < -0.39 is 0 Å². The molecule has 0 aliphatic heterocycles. The SMILES string of the molecule is C=CCC.CCCC.I.II. The Kier molecular flexibility index (Phi) is 85.0.